The Balaban J connectivity index is 1.70. The van der Waals surface area contributed by atoms with E-state index in [1.807, 2.05) is 13.8 Å². The number of hydrogen-bond acceptors (Lipinski definition) is 4. The summed E-state index contributed by atoms with van der Waals surface area (Å²) in [7, 11) is 0. The largest absolute Gasteiger partial charge is 0.330 e. The second kappa shape index (κ2) is 5.94. The maximum atomic E-state index is 12.1. The van der Waals surface area contributed by atoms with E-state index in [1.165, 1.54) is 17.7 Å². The number of nitrogens with one attached hydrogen (secondary N) is 2. The summed E-state index contributed by atoms with van der Waals surface area (Å²) in [6.07, 6.45) is 1.52. The van der Waals surface area contributed by atoms with Crippen molar-refractivity contribution < 1.29 is 4.79 Å². The molecule has 114 valence electrons. The highest BCUT2D eigenvalue weighted by molar-refractivity contribution is 7.17. The summed E-state index contributed by atoms with van der Waals surface area (Å²) in [6.45, 7) is 3.89. The Kier molecular flexibility index (Phi) is 4.00. The first kappa shape index (κ1) is 14.8. The third-order valence-corrected chi connectivity index (χ3v) is 4.78. The summed E-state index contributed by atoms with van der Waals surface area (Å²) in [6, 6.07) is 6.59. The highest BCUT2D eigenvalue weighted by Gasteiger charge is 2.17. The predicted octanol–water partition coefficient (Wildman–Crippen LogP) is 3.64. The molecule has 2 amide bonds. The Labute approximate surface area is 136 Å². The van der Waals surface area contributed by atoms with Gasteiger partial charge in [-0.1, -0.05) is 29.0 Å². The normalized spacial score (nSPS) is 12.3. The molecule has 3 rings (SSSR count). The lowest BCUT2D eigenvalue weighted by Gasteiger charge is -2.14. The number of carbonyl (C=O) groups is 1. The number of fused-ring (bicyclic) bond motifs is 1. The van der Waals surface area contributed by atoms with Crippen molar-refractivity contribution in [3.8, 4) is 0 Å². The van der Waals surface area contributed by atoms with Gasteiger partial charge in [0.15, 0.2) is 0 Å². The highest BCUT2D eigenvalue weighted by Crippen LogP contribution is 2.26. The van der Waals surface area contributed by atoms with Crippen molar-refractivity contribution in [3.63, 3.8) is 0 Å². The maximum Gasteiger partial charge on any atom is 0.319 e. The number of aryl methyl sites for hydroxylation is 1. The van der Waals surface area contributed by atoms with E-state index in [0.717, 1.165) is 15.5 Å². The number of nitrogens with zero attached hydrogens (tertiary/aromatic N) is 3. The average molecular weight is 336 g/mol. The zero-order valence-corrected chi connectivity index (χ0v) is 13.6. The Morgan fingerprint density at radius 3 is 3.00 bits per heavy atom. The van der Waals surface area contributed by atoms with Crippen LogP contribution in [0.2, 0.25) is 5.02 Å². The quantitative estimate of drug-likeness (QED) is 0.767. The third kappa shape index (κ3) is 2.90. The number of halogens is 1. The van der Waals surface area contributed by atoms with Gasteiger partial charge in [0.05, 0.1) is 16.6 Å². The molecule has 0 aliphatic carbocycles. The van der Waals surface area contributed by atoms with Crippen molar-refractivity contribution in [2.45, 2.75) is 19.9 Å². The summed E-state index contributed by atoms with van der Waals surface area (Å²) < 4.78 is 1.77. The van der Waals surface area contributed by atoms with E-state index in [1.54, 1.807) is 28.8 Å². The zero-order chi connectivity index (χ0) is 15.7. The minimum absolute atomic E-state index is 0.146. The fourth-order valence-electron chi connectivity index (χ4n) is 2.20. The summed E-state index contributed by atoms with van der Waals surface area (Å²) in [5, 5.41) is 10.4. The molecule has 0 radical (unpaired) electrons. The summed E-state index contributed by atoms with van der Waals surface area (Å²) in [5.74, 6) is 0. The maximum absolute atomic E-state index is 12.1. The fraction of sp³-hybridized carbons (Fsp3) is 0.214. The third-order valence-electron chi connectivity index (χ3n) is 3.22. The van der Waals surface area contributed by atoms with Gasteiger partial charge in [0.25, 0.3) is 0 Å². The number of hydrogen-bond donors (Lipinski definition) is 2. The van der Waals surface area contributed by atoms with Gasteiger partial charge in [-0.2, -0.15) is 5.10 Å². The molecule has 3 aromatic rings. The van der Waals surface area contributed by atoms with E-state index >= 15 is 0 Å². The molecular weight excluding hydrogens is 322 g/mol. The molecule has 2 heterocycles. The van der Waals surface area contributed by atoms with Gasteiger partial charge in [-0.15, -0.1) is 0 Å². The Bertz CT molecular complexity index is 828. The molecule has 0 aliphatic rings. The molecule has 0 bridgehead atoms. The topological polar surface area (TPSA) is 71.3 Å². The molecule has 0 saturated carbocycles. The molecular formula is C14H14ClN5OS. The molecule has 22 heavy (non-hydrogen) atoms. The standard InChI is InChI=1S/C14H14ClN5OS/c1-8(12-9(2)20-14(22-12)16-7-17-20)18-13(21)19-11-5-3-4-10(15)6-11/h3-8H,1-2H3,(H2,18,19,21). The number of urea groups is 1. The van der Waals surface area contributed by atoms with Crippen molar-refractivity contribution in [2.75, 3.05) is 5.32 Å². The first-order valence-corrected chi connectivity index (χ1v) is 7.86. The van der Waals surface area contributed by atoms with Crippen LogP contribution in [0.1, 0.15) is 23.5 Å². The van der Waals surface area contributed by atoms with Crippen LogP contribution in [0, 0.1) is 6.92 Å². The minimum atomic E-state index is -0.284. The van der Waals surface area contributed by atoms with E-state index in [-0.39, 0.29) is 12.1 Å². The van der Waals surface area contributed by atoms with Gasteiger partial charge in [-0.05, 0) is 32.0 Å². The number of carbonyl (C=O) groups excluding carboxylic acids is 1. The lowest BCUT2D eigenvalue weighted by atomic mass is 10.2. The SMILES string of the molecule is Cc1c(C(C)NC(=O)Nc2cccc(Cl)c2)sc2ncnn12. The van der Waals surface area contributed by atoms with E-state index in [2.05, 4.69) is 20.7 Å². The van der Waals surface area contributed by atoms with Crippen LogP contribution < -0.4 is 10.6 Å². The Morgan fingerprint density at radius 1 is 1.45 bits per heavy atom. The molecule has 1 atom stereocenters. The van der Waals surface area contributed by atoms with Crippen LogP contribution in [0.15, 0.2) is 30.6 Å². The van der Waals surface area contributed by atoms with E-state index < -0.39 is 0 Å². The van der Waals surface area contributed by atoms with Crippen LogP contribution in [0.3, 0.4) is 0 Å². The van der Waals surface area contributed by atoms with E-state index in [0.29, 0.717) is 10.7 Å². The number of amides is 2. The molecule has 1 aromatic carbocycles. The van der Waals surface area contributed by atoms with Gasteiger partial charge in [-0.25, -0.2) is 14.3 Å². The smallest absolute Gasteiger partial charge is 0.319 e. The Morgan fingerprint density at radius 2 is 2.27 bits per heavy atom. The van der Waals surface area contributed by atoms with Crippen LogP contribution in [0.5, 0.6) is 0 Å². The summed E-state index contributed by atoms with van der Waals surface area (Å²) >= 11 is 7.41. The molecule has 0 aliphatic heterocycles. The number of rotatable bonds is 3. The van der Waals surface area contributed by atoms with Gasteiger partial charge in [0, 0.05) is 10.7 Å². The fourth-order valence-corrected chi connectivity index (χ4v) is 3.43. The van der Waals surface area contributed by atoms with Crippen molar-refractivity contribution in [2.24, 2.45) is 0 Å². The molecule has 2 N–H and O–H groups in total. The summed E-state index contributed by atoms with van der Waals surface area (Å²) in [5.41, 5.74) is 1.63. The van der Waals surface area contributed by atoms with E-state index in [4.69, 9.17) is 11.6 Å². The van der Waals surface area contributed by atoms with Crippen molar-refractivity contribution in [1.29, 1.82) is 0 Å². The zero-order valence-electron chi connectivity index (χ0n) is 12.0. The van der Waals surface area contributed by atoms with Crippen LogP contribution >= 0.6 is 22.9 Å². The number of aromatic nitrogens is 3. The van der Waals surface area contributed by atoms with Crippen LogP contribution in [-0.2, 0) is 0 Å². The number of thiazole rings is 1. The van der Waals surface area contributed by atoms with Crippen LogP contribution in [0.25, 0.3) is 4.96 Å². The highest BCUT2D eigenvalue weighted by atomic mass is 35.5. The van der Waals surface area contributed by atoms with Crippen molar-refractivity contribution in [3.05, 3.63) is 46.2 Å². The first-order valence-electron chi connectivity index (χ1n) is 6.66. The minimum Gasteiger partial charge on any atom is -0.330 e. The molecule has 0 fully saturated rings. The molecule has 0 saturated heterocycles. The first-order chi connectivity index (χ1) is 10.5. The van der Waals surface area contributed by atoms with Gasteiger partial charge in [-0.3, -0.25) is 0 Å². The van der Waals surface area contributed by atoms with E-state index in [9.17, 15) is 4.79 Å². The second-order valence-electron chi connectivity index (χ2n) is 4.84. The summed E-state index contributed by atoms with van der Waals surface area (Å²) in [4.78, 5) is 18.1. The van der Waals surface area contributed by atoms with Gasteiger partial charge >= 0.3 is 6.03 Å². The molecule has 2 aromatic heterocycles. The van der Waals surface area contributed by atoms with Gasteiger partial charge in [0.1, 0.15) is 6.33 Å². The lowest BCUT2D eigenvalue weighted by molar-refractivity contribution is 0.249. The van der Waals surface area contributed by atoms with Gasteiger partial charge in [0.2, 0.25) is 4.96 Å². The second-order valence-corrected chi connectivity index (χ2v) is 6.28. The lowest BCUT2D eigenvalue weighted by Crippen LogP contribution is -2.31. The van der Waals surface area contributed by atoms with Gasteiger partial charge < -0.3 is 10.6 Å². The average Bonchev–Trinajstić information content (AvgIpc) is 3.02. The van der Waals surface area contributed by atoms with Crippen molar-refractivity contribution >= 4 is 39.6 Å². The molecule has 1 unspecified atom stereocenters. The monoisotopic (exact) mass is 335 g/mol. The molecule has 8 heteroatoms. The van der Waals surface area contributed by atoms with Crippen LogP contribution in [0.4, 0.5) is 10.5 Å². The number of anilines is 1. The predicted molar refractivity (Wildman–Crippen MR) is 87.6 cm³/mol. The number of benzene rings is 1. The Hall–Kier alpha value is -2.12. The molecule has 0 spiro atoms. The van der Waals surface area contributed by atoms with Crippen LogP contribution in [-0.4, -0.2) is 20.6 Å². The molecule has 6 nitrogen and oxygen atoms in total. The van der Waals surface area contributed by atoms with Crippen molar-refractivity contribution in [1.82, 2.24) is 19.9 Å².